The first-order chi connectivity index (χ1) is 16.7. The monoisotopic (exact) mass is 469 g/mol. The summed E-state index contributed by atoms with van der Waals surface area (Å²) >= 11 is 1.71. The van der Waals surface area contributed by atoms with Gasteiger partial charge in [0.05, 0.1) is 13.2 Å². The van der Waals surface area contributed by atoms with Gasteiger partial charge in [-0.25, -0.2) is 4.98 Å². The average molecular weight is 470 g/mol. The Hall–Kier alpha value is -3.64. The third kappa shape index (κ3) is 4.68. The Morgan fingerprint density at radius 3 is 2.47 bits per heavy atom. The predicted octanol–water partition coefficient (Wildman–Crippen LogP) is 6.48. The van der Waals surface area contributed by atoms with Gasteiger partial charge in [0, 0.05) is 22.2 Å². The van der Waals surface area contributed by atoms with Crippen LogP contribution in [-0.4, -0.2) is 18.0 Å². The Balaban J connectivity index is 1.60. The van der Waals surface area contributed by atoms with E-state index in [0.717, 1.165) is 47.0 Å². The summed E-state index contributed by atoms with van der Waals surface area (Å²) in [7, 11) is 1.67. The van der Waals surface area contributed by atoms with Crippen molar-refractivity contribution >= 4 is 28.1 Å². The van der Waals surface area contributed by atoms with Gasteiger partial charge in [-0.05, 0) is 73.2 Å². The summed E-state index contributed by atoms with van der Waals surface area (Å²) in [5.41, 5.74) is 4.23. The van der Waals surface area contributed by atoms with Crippen molar-refractivity contribution in [3.8, 4) is 5.75 Å². The van der Waals surface area contributed by atoms with Crippen molar-refractivity contribution in [1.29, 1.82) is 0 Å². The molecule has 34 heavy (non-hydrogen) atoms. The minimum Gasteiger partial charge on any atom is -0.497 e. The van der Waals surface area contributed by atoms with Crippen LogP contribution in [0.25, 0.3) is 0 Å². The molecule has 0 aliphatic heterocycles. The maximum Gasteiger partial charge on any atom is 0.256 e. The summed E-state index contributed by atoms with van der Waals surface area (Å²) < 4.78 is 5.39. The molecule has 0 saturated carbocycles. The molecule has 0 saturated heterocycles. The fourth-order valence-electron chi connectivity index (χ4n) is 4.47. The van der Waals surface area contributed by atoms with Crippen molar-refractivity contribution in [3.63, 3.8) is 0 Å². The van der Waals surface area contributed by atoms with Gasteiger partial charge in [-0.1, -0.05) is 36.4 Å². The van der Waals surface area contributed by atoms with Crippen LogP contribution in [0.3, 0.4) is 0 Å². The molecule has 1 atom stereocenters. The fraction of sp³-hybridized carbons (Fsp3) is 0.214. The molecule has 0 bridgehead atoms. The van der Waals surface area contributed by atoms with Gasteiger partial charge in [-0.15, -0.1) is 11.3 Å². The van der Waals surface area contributed by atoms with E-state index in [-0.39, 0.29) is 11.9 Å². The summed E-state index contributed by atoms with van der Waals surface area (Å²) in [6.45, 7) is 0. The molecule has 0 unspecified atom stereocenters. The molecule has 2 heterocycles. The van der Waals surface area contributed by atoms with Gasteiger partial charge in [-0.2, -0.15) is 0 Å². The number of rotatable bonds is 7. The van der Waals surface area contributed by atoms with Gasteiger partial charge < -0.3 is 15.4 Å². The lowest BCUT2D eigenvalue weighted by atomic mass is 9.89. The van der Waals surface area contributed by atoms with Gasteiger partial charge in [-0.3, -0.25) is 4.79 Å². The Kier molecular flexibility index (Phi) is 6.58. The first-order valence-electron chi connectivity index (χ1n) is 11.6. The van der Waals surface area contributed by atoms with Gasteiger partial charge >= 0.3 is 0 Å². The molecule has 1 aliphatic rings. The van der Waals surface area contributed by atoms with Crippen LogP contribution in [0.2, 0.25) is 0 Å². The summed E-state index contributed by atoms with van der Waals surface area (Å²) in [6, 6.07) is 23.2. The zero-order valence-electron chi connectivity index (χ0n) is 19.1. The average Bonchev–Trinajstić information content (AvgIpc) is 3.26. The molecular weight excluding hydrogens is 442 g/mol. The maximum absolute atomic E-state index is 13.1. The molecule has 5 nitrogen and oxygen atoms in total. The largest absolute Gasteiger partial charge is 0.497 e. The summed E-state index contributed by atoms with van der Waals surface area (Å²) in [4.78, 5) is 19.0. The number of methoxy groups -OCH3 is 1. The molecule has 2 N–H and O–H groups in total. The number of pyridine rings is 1. The zero-order valence-corrected chi connectivity index (χ0v) is 19.9. The molecule has 6 heteroatoms. The van der Waals surface area contributed by atoms with Crippen molar-refractivity contribution in [2.45, 2.75) is 31.7 Å². The second kappa shape index (κ2) is 10.1. The molecule has 2 aromatic carbocycles. The number of carbonyl (C=O) groups is 1. The molecule has 0 radical (unpaired) electrons. The van der Waals surface area contributed by atoms with E-state index in [1.807, 2.05) is 60.7 Å². The number of hydrogen-bond acceptors (Lipinski definition) is 5. The number of ether oxygens (including phenoxy) is 1. The first kappa shape index (κ1) is 22.2. The molecule has 1 amide bonds. The standard InChI is InChI=1S/C28H27N3O2S/c1-33-21-16-14-19(15-17-21)26(30-24-13-7-8-18-29-24)25-22-11-5-6-12-23(22)34-28(25)31-27(32)20-9-3-2-4-10-20/h2-4,7-10,13-18,26H,5-6,11-12H2,1H3,(H,29,30)(H,31,32)/t26-/m1/s1. The van der Waals surface area contributed by atoms with E-state index in [0.29, 0.717) is 5.56 Å². The maximum atomic E-state index is 13.1. The van der Waals surface area contributed by atoms with Crippen molar-refractivity contribution < 1.29 is 9.53 Å². The van der Waals surface area contributed by atoms with Crippen molar-refractivity contribution in [2.24, 2.45) is 0 Å². The molecular formula is C28H27N3O2S. The van der Waals surface area contributed by atoms with E-state index < -0.39 is 0 Å². The number of hydrogen-bond donors (Lipinski definition) is 2. The van der Waals surface area contributed by atoms with Gasteiger partial charge in [0.1, 0.15) is 16.6 Å². The van der Waals surface area contributed by atoms with Crippen molar-refractivity contribution in [2.75, 3.05) is 17.7 Å². The smallest absolute Gasteiger partial charge is 0.256 e. The minimum atomic E-state index is -0.162. The van der Waals surface area contributed by atoms with Crippen LogP contribution in [0.4, 0.5) is 10.8 Å². The Bertz CT molecular complexity index is 1250. The van der Waals surface area contributed by atoms with E-state index in [2.05, 4.69) is 27.8 Å². The lowest BCUT2D eigenvalue weighted by Crippen LogP contribution is -2.19. The molecule has 1 aliphatic carbocycles. The number of carbonyl (C=O) groups excluding carboxylic acids is 1. The third-order valence-electron chi connectivity index (χ3n) is 6.17. The Morgan fingerprint density at radius 1 is 0.971 bits per heavy atom. The van der Waals surface area contributed by atoms with E-state index >= 15 is 0 Å². The highest BCUT2D eigenvalue weighted by Gasteiger charge is 2.29. The first-order valence-corrected chi connectivity index (χ1v) is 12.4. The fourth-order valence-corrected chi connectivity index (χ4v) is 5.79. The Labute approximate surface area is 203 Å². The highest BCUT2D eigenvalue weighted by Crippen LogP contribution is 2.44. The number of amides is 1. The van der Waals surface area contributed by atoms with Crippen LogP contribution in [0.1, 0.15) is 50.8 Å². The number of fused-ring (bicyclic) bond motifs is 1. The number of nitrogens with zero attached hydrogens (tertiary/aromatic N) is 1. The van der Waals surface area contributed by atoms with Gasteiger partial charge in [0.2, 0.25) is 0 Å². The molecule has 4 aromatic rings. The predicted molar refractivity (Wildman–Crippen MR) is 138 cm³/mol. The normalized spacial score (nSPS) is 13.6. The van der Waals surface area contributed by atoms with Crippen LogP contribution in [0, 0.1) is 0 Å². The number of aryl methyl sites for hydroxylation is 1. The Morgan fingerprint density at radius 2 is 1.74 bits per heavy atom. The SMILES string of the molecule is COc1ccc([C@@H](Nc2ccccn2)c2c(NC(=O)c3ccccc3)sc3c2CCCC3)cc1. The number of benzene rings is 2. The van der Waals surface area contributed by atoms with Crippen LogP contribution < -0.4 is 15.4 Å². The van der Waals surface area contributed by atoms with Gasteiger partial charge in [0.15, 0.2) is 0 Å². The van der Waals surface area contributed by atoms with Crippen LogP contribution in [0.5, 0.6) is 5.75 Å². The summed E-state index contributed by atoms with van der Waals surface area (Å²) in [5, 5.41) is 7.79. The molecule has 2 aromatic heterocycles. The lowest BCUT2D eigenvalue weighted by molar-refractivity contribution is 0.102. The van der Waals surface area contributed by atoms with Crippen LogP contribution in [0.15, 0.2) is 79.0 Å². The second-order valence-electron chi connectivity index (χ2n) is 8.34. The van der Waals surface area contributed by atoms with Crippen LogP contribution >= 0.6 is 11.3 Å². The van der Waals surface area contributed by atoms with E-state index in [4.69, 9.17) is 4.74 Å². The number of anilines is 2. The number of nitrogens with one attached hydrogen (secondary N) is 2. The van der Waals surface area contributed by atoms with Crippen molar-refractivity contribution in [1.82, 2.24) is 4.98 Å². The quantitative estimate of drug-likeness (QED) is 0.325. The van der Waals surface area contributed by atoms with E-state index in [9.17, 15) is 4.79 Å². The van der Waals surface area contributed by atoms with Gasteiger partial charge in [0.25, 0.3) is 5.91 Å². The third-order valence-corrected chi connectivity index (χ3v) is 7.39. The molecule has 5 rings (SSSR count). The van der Waals surface area contributed by atoms with E-state index in [1.54, 1.807) is 24.6 Å². The lowest BCUT2D eigenvalue weighted by Gasteiger charge is -2.24. The molecule has 172 valence electrons. The summed E-state index contributed by atoms with van der Waals surface area (Å²) in [5.74, 6) is 1.51. The van der Waals surface area contributed by atoms with Crippen LogP contribution in [-0.2, 0) is 12.8 Å². The molecule has 0 spiro atoms. The highest BCUT2D eigenvalue weighted by molar-refractivity contribution is 7.16. The van der Waals surface area contributed by atoms with E-state index in [1.165, 1.54) is 16.9 Å². The highest BCUT2D eigenvalue weighted by atomic mass is 32.1. The summed E-state index contributed by atoms with van der Waals surface area (Å²) in [6.07, 6.45) is 6.18. The molecule has 0 fully saturated rings. The number of thiophene rings is 1. The van der Waals surface area contributed by atoms with Crippen molar-refractivity contribution in [3.05, 3.63) is 106 Å². The number of aromatic nitrogens is 1. The zero-order chi connectivity index (χ0) is 23.3. The minimum absolute atomic E-state index is 0.0910. The topological polar surface area (TPSA) is 63.2 Å². The second-order valence-corrected chi connectivity index (χ2v) is 9.44.